The third-order valence-electron chi connectivity index (χ3n) is 2.23. The molecule has 0 aliphatic heterocycles. The minimum atomic E-state index is -0.433. The molecule has 0 aromatic heterocycles. The van der Waals surface area contributed by atoms with Crippen molar-refractivity contribution in [2.45, 2.75) is 27.7 Å². The Kier molecular flexibility index (Phi) is 3.03. The highest BCUT2D eigenvalue weighted by Gasteiger charge is 2.21. The van der Waals surface area contributed by atoms with Crippen molar-refractivity contribution in [2.24, 2.45) is 5.41 Å². The summed E-state index contributed by atoms with van der Waals surface area (Å²) in [5.41, 5.74) is 0.919. The molecule has 3 nitrogen and oxygen atoms in total. The number of amides is 1. The van der Waals surface area contributed by atoms with E-state index in [1.165, 1.54) is 0 Å². The molecule has 82 valence electrons. The van der Waals surface area contributed by atoms with Crippen molar-refractivity contribution in [3.63, 3.8) is 0 Å². The van der Waals surface area contributed by atoms with Crippen LogP contribution in [0, 0.1) is 12.3 Å². The Bertz CT molecular complexity index is 378. The fourth-order valence-corrected chi connectivity index (χ4v) is 1.07. The number of hydrogen-bond donors (Lipinski definition) is 2. The van der Waals surface area contributed by atoms with Crippen LogP contribution in [0.5, 0.6) is 5.75 Å². The van der Waals surface area contributed by atoms with Gasteiger partial charge in [-0.2, -0.15) is 0 Å². The van der Waals surface area contributed by atoms with Crippen molar-refractivity contribution in [3.8, 4) is 5.75 Å². The van der Waals surface area contributed by atoms with Crippen LogP contribution in [-0.4, -0.2) is 11.0 Å². The second kappa shape index (κ2) is 3.93. The fraction of sp³-hybridized carbons (Fsp3) is 0.417. The molecule has 1 amide bonds. The van der Waals surface area contributed by atoms with Crippen LogP contribution in [0.1, 0.15) is 26.3 Å². The molecule has 0 aliphatic carbocycles. The van der Waals surface area contributed by atoms with Crippen LogP contribution in [0.4, 0.5) is 5.69 Å². The molecule has 1 aromatic rings. The van der Waals surface area contributed by atoms with E-state index in [0.29, 0.717) is 11.3 Å². The Morgan fingerprint density at radius 3 is 2.47 bits per heavy atom. The van der Waals surface area contributed by atoms with Gasteiger partial charge >= 0.3 is 0 Å². The van der Waals surface area contributed by atoms with Crippen LogP contribution in [-0.2, 0) is 4.79 Å². The van der Waals surface area contributed by atoms with Crippen molar-refractivity contribution in [2.75, 3.05) is 5.32 Å². The summed E-state index contributed by atoms with van der Waals surface area (Å²) in [6.07, 6.45) is 0. The molecule has 3 heteroatoms. The van der Waals surface area contributed by atoms with E-state index in [1.807, 2.05) is 20.8 Å². The average Bonchev–Trinajstić information content (AvgIpc) is 2.11. The van der Waals surface area contributed by atoms with Gasteiger partial charge in [-0.25, -0.2) is 0 Å². The van der Waals surface area contributed by atoms with Gasteiger partial charge in [-0.1, -0.05) is 26.8 Å². The zero-order chi connectivity index (χ0) is 11.6. The maximum atomic E-state index is 11.7. The molecule has 1 rings (SSSR count). The second-order valence-corrected chi connectivity index (χ2v) is 4.65. The Morgan fingerprint density at radius 2 is 1.93 bits per heavy atom. The Morgan fingerprint density at radius 1 is 1.33 bits per heavy atom. The zero-order valence-corrected chi connectivity index (χ0v) is 9.59. The van der Waals surface area contributed by atoms with Gasteiger partial charge in [-0.3, -0.25) is 4.79 Å². The van der Waals surface area contributed by atoms with Crippen LogP contribution in [0.3, 0.4) is 0 Å². The van der Waals surface area contributed by atoms with Gasteiger partial charge in [0.2, 0.25) is 5.91 Å². The topological polar surface area (TPSA) is 49.3 Å². The minimum absolute atomic E-state index is 0.0591. The summed E-state index contributed by atoms with van der Waals surface area (Å²) in [5.74, 6) is 0.137. The lowest BCUT2D eigenvalue weighted by Crippen LogP contribution is -2.27. The maximum Gasteiger partial charge on any atom is 0.229 e. The number of hydrogen-bond acceptors (Lipinski definition) is 2. The lowest BCUT2D eigenvalue weighted by Gasteiger charge is -2.18. The predicted octanol–water partition coefficient (Wildman–Crippen LogP) is 2.69. The molecule has 1 aromatic carbocycles. The molecule has 2 N–H and O–H groups in total. The summed E-state index contributed by atoms with van der Waals surface area (Å²) in [6, 6.07) is 5.08. The smallest absolute Gasteiger partial charge is 0.229 e. The van der Waals surface area contributed by atoms with Gasteiger partial charge in [0, 0.05) is 16.7 Å². The van der Waals surface area contributed by atoms with E-state index in [9.17, 15) is 9.90 Å². The maximum absolute atomic E-state index is 11.7. The van der Waals surface area contributed by atoms with E-state index < -0.39 is 5.41 Å². The molecular formula is C12H17NO2. The monoisotopic (exact) mass is 207 g/mol. The minimum Gasteiger partial charge on any atom is -0.508 e. The summed E-state index contributed by atoms with van der Waals surface area (Å²) in [5, 5.41) is 12.3. The Balaban J connectivity index is 2.91. The SMILES string of the molecule is Cc1c(O)cccc1NC(=O)C(C)(C)C. The lowest BCUT2D eigenvalue weighted by atomic mass is 9.95. The fourth-order valence-electron chi connectivity index (χ4n) is 1.07. The summed E-state index contributed by atoms with van der Waals surface area (Å²) >= 11 is 0. The molecule has 0 bridgehead atoms. The molecule has 0 fully saturated rings. The largest absolute Gasteiger partial charge is 0.508 e. The number of aromatic hydroxyl groups is 1. The number of anilines is 1. The van der Waals surface area contributed by atoms with Crippen LogP contribution in [0.25, 0.3) is 0 Å². The van der Waals surface area contributed by atoms with Gasteiger partial charge < -0.3 is 10.4 Å². The van der Waals surface area contributed by atoms with Crippen LogP contribution in [0.2, 0.25) is 0 Å². The number of nitrogens with one attached hydrogen (secondary N) is 1. The quantitative estimate of drug-likeness (QED) is 0.743. The number of carbonyl (C=O) groups excluding carboxylic acids is 1. The zero-order valence-electron chi connectivity index (χ0n) is 9.59. The van der Waals surface area contributed by atoms with E-state index in [4.69, 9.17) is 0 Å². The van der Waals surface area contributed by atoms with Crippen molar-refractivity contribution >= 4 is 11.6 Å². The van der Waals surface area contributed by atoms with E-state index >= 15 is 0 Å². The molecule has 0 aliphatic rings. The normalized spacial score (nSPS) is 11.2. The van der Waals surface area contributed by atoms with Crippen molar-refractivity contribution in [3.05, 3.63) is 23.8 Å². The first-order valence-corrected chi connectivity index (χ1v) is 4.92. The van der Waals surface area contributed by atoms with Crippen molar-refractivity contribution in [1.29, 1.82) is 0 Å². The van der Waals surface area contributed by atoms with Crippen molar-refractivity contribution < 1.29 is 9.90 Å². The third-order valence-corrected chi connectivity index (χ3v) is 2.23. The molecule has 0 saturated heterocycles. The molecule has 0 radical (unpaired) electrons. The summed E-state index contributed by atoms with van der Waals surface area (Å²) in [6.45, 7) is 7.31. The molecule has 15 heavy (non-hydrogen) atoms. The number of phenols is 1. The average molecular weight is 207 g/mol. The van der Waals surface area contributed by atoms with Crippen LogP contribution >= 0.6 is 0 Å². The Labute approximate surface area is 90.1 Å². The number of carbonyl (C=O) groups is 1. The molecule has 0 saturated carbocycles. The summed E-state index contributed by atoms with van der Waals surface area (Å²) in [4.78, 5) is 11.7. The summed E-state index contributed by atoms with van der Waals surface area (Å²) in [7, 11) is 0. The van der Waals surface area contributed by atoms with E-state index in [2.05, 4.69) is 5.32 Å². The van der Waals surface area contributed by atoms with E-state index in [1.54, 1.807) is 25.1 Å². The first-order chi connectivity index (χ1) is 6.82. The molecule has 0 atom stereocenters. The summed E-state index contributed by atoms with van der Waals surface area (Å²) < 4.78 is 0. The highest BCUT2D eigenvalue weighted by atomic mass is 16.3. The van der Waals surface area contributed by atoms with E-state index in [-0.39, 0.29) is 11.7 Å². The van der Waals surface area contributed by atoms with Gasteiger partial charge in [0.1, 0.15) is 5.75 Å². The Hall–Kier alpha value is -1.51. The van der Waals surface area contributed by atoms with Crippen LogP contribution < -0.4 is 5.32 Å². The lowest BCUT2D eigenvalue weighted by molar-refractivity contribution is -0.123. The molecule has 0 spiro atoms. The van der Waals surface area contributed by atoms with Gasteiger partial charge in [0.25, 0.3) is 0 Å². The van der Waals surface area contributed by atoms with Gasteiger partial charge in [-0.05, 0) is 19.1 Å². The number of benzene rings is 1. The second-order valence-electron chi connectivity index (χ2n) is 4.65. The highest BCUT2D eigenvalue weighted by Crippen LogP contribution is 2.25. The van der Waals surface area contributed by atoms with Gasteiger partial charge in [-0.15, -0.1) is 0 Å². The number of phenolic OH excluding ortho intramolecular Hbond substituents is 1. The van der Waals surface area contributed by atoms with Crippen molar-refractivity contribution in [1.82, 2.24) is 0 Å². The van der Waals surface area contributed by atoms with Gasteiger partial charge in [0.05, 0.1) is 0 Å². The third kappa shape index (κ3) is 2.72. The van der Waals surface area contributed by atoms with Crippen LogP contribution in [0.15, 0.2) is 18.2 Å². The molecular weight excluding hydrogens is 190 g/mol. The number of rotatable bonds is 1. The highest BCUT2D eigenvalue weighted by molar-refractivity contribution is 5.95. The first kappa shape index (κ1) is 11.6. The molecule has 0 heterocycles. The van der Waals surface area contributed by atoms with Gasteiger partial charge in [0.15, 0.2) is 0 Å². The first-order valence-electron chi connectivity index (χ1n) is 4.92. The van der Waals surface area contributed by atoms with E-state index in [0.717, 1.165) is 0 Å². The molecule has 0 unspecified atom stereocenters. The predicted molar refractivity (Wildman–Crippen MR) is 60.9 cm³/mol. The standard InChI is InChI=1S/C12H17NO2/c1-8-9(6-5-7-10(8)14)13-11(15)12(2,3)4/h5-7,14H,1-4H3,(H,13,15).